The van der Waals surface area contributed by atoms with E-state index >= 15 is 0 Å². The molecule has 0 radical (unpaired) electrons. The van der Waals surface area contributed by atoms with E-state index in [-0.39, 0.29) is 11.6 Å². The zero-order valence-corrected chi connectivity index (χ0v) is 8.91. The van der Waals surface area contributed by atoms with Crippen LogP contribution in [-0.4, -0.2) is 30.1 Å². The van der Waals surface area contributed by atoms with Crippen molar-refractivity contribution in [3.63, 3.8) is 0 Å². The number of rotatable bonds is 1. The molecule has 0 bridgehead atoms. The molecule has 1 heterocycles. The average Bonchev–Trinajstić information content (AvgIpc) is 2.23. The van der Waals surface area contributed by atoms with Crippen LogP contribution in [0.15, 0.2) is 18.2 Å². The minimum absolute atomic E-state index is 0.228. The van der Waals surface area contributed by atoms with E-state index in [0.29, 0.717) is 5.92 Å². The largest absolute Gasteiger partial charge is 0.508 e. The van der Waals surface area contributed by atoms with Crippen LogP contribution in [0.1, 0.15) is 24.3 Å². The predicted octanol–water partition coefficient (Wildman–Crippen LogP) is 2.34. The molecule has 1 aromatic rings. The first-order valence-corrected chi connectivity index (χ1v) is 5.34. The number of likely N-dealkylation sites (tertiary alicyclic amines) is 1. The van der Waals surface area contributed by atoms with Gasteiger partial charge in [0.15, 0.2) is 0 Å². The van der Waals surface area contributed by atoms with E-state index < -0.39 is 0 Å². The molecule has 1 N–H and O–H groups in total. The number of halogens is 1. The van der Waals surface area contributed by atoms with Crippen molar-refractivity contribution in [2.24, 2.45) is 0 Å². The third-order valence-electron chi connectivity index (χ3n) is 3.15. The first-order chi connectivity index (χ1) is 7.16. The molecule has 1 aliphatic rings. The maximum absolute atomic E-state index is 13.1. The summed E-state index contributed by atoms with van der Waals surface area (Å²) in [4.78, 5) is 2.26. The van der Waals surface area contributed by atoms with Gasteiger partial charge in [0.05, 0.1) is 0 Å². The van der Waals surface area contributed by atoms with E-state index in [1.807, 2.05) is 0 Å². The summed E-state index contributed by atoms with van der Waals surface area (Å²) in [7, 11) is 2.08. The number of piperidine rings is 1. The van der Waals surface area contributed by atoms with Crippen molar-refractivity contribution >= 4 is 0 Å². The van der Waals surface area contributed by atoms with Gasteiger partial charge in [-0.05, 0) is 62.7 Å². The Kier molecular flexibility index (Phi) is 2.91. The lowest BCUT2D eigenvalue weighted by atomic mass is 9.89. The molecule has 0 aromatic heterocycles. The number of phenols is 1. The van der Waals surface area contributed by atoms with Crippen molar-refractivity contribution in [3.05, 3.63) is 29.6 Å². The fourth-order valence-electron chi connectivity index (χ4n) is 2.17. The van der Waals surface area contributed by atoms with Crippen molar-refractivity contribution in [3.8, 4) is 5.75 Å². The Balaban J connectivity index is 2.18. The van der Waals surface area contributed by atoms with Gasteiger partial charge >= 0.3 is 0 Å². The van der Waals surface area contributed by atoms with Crippen LogP contribution in [0, 0.1) is 5.82 Å². The van der Waals surface area contributed by atoms with Crippen molar-refractivity contribution in [2.45, 2.75) is 18.8 Å². The molecule has 0 amide bonds. The summed E-state index contributed by atoms with van der Waals surface area (Å²) >= 11 is 0. The van der Waals surface area contributed by atoms with Crippen LogP contribution >= 0.6 is 0 Å². The van der Waals surface area contributed by atoms with Crippen LogP contribution < -0.4 is 0 Å². The van der Waals surface area contributed by atoms with Crippen molar-refractivity contribution in [2.75, 3.05) is 20.1 Å². The van der Waals surface area contributed by atoms with Crippen molar-refractivity contribution < 1.29 is 9.50 Å². The van der Waals surface area contributed by atoms with E-state index in [1.165, 1.54) is 18.2 Å². The van der Waals surface area contributed by atoms with Crippen molar-refractivity contribution in [1.29, 1.82) is 0 Å². The number of phenolic OH excluding ortho intramolecular Hbond substituents is 1. The molecule has 0 aliphatic carbocycles. The number of hydrogen-bond acceptors (Lipinski definition) is 2. The van der Waals surface area contributed by atoms with Crippen LogP contribution in [0.3, 0.4) is 0 Å². The van der Waals surface area contributed by atoms with Crippen LogP contribution in [0.5, 0.6) is 5.75 Å². The SMILES string of the molecule is CN1CCC(c2cc(F)ccc2O)CC1. The van der Waals surface area contributed by atoms with Crippen LogP contribution in [0.2, 0.25) is 0 Å². The number of benzene rings is 1. The second-order valence-corrected chi connectivity index (χ2v) is 4.28. The van der Waals surface area contributed by atoms with Gasteiger partial charge in [-0.15, -0.1) is 0 Å². The van der Waals surface area contributed by atoms with Crippen molar-refractivity contribution in [1.82, 2.24) is 4.90 Å². The fourth-order valence-corrected chi connectivity index (χ4v) is 2.17. The molecule has 0 spiro atoms. The van der Waals surface area contributed by atoms with E-state index in [0.717, 1.165) is 31.5 Å². The van der Waals surface area contributed by atoms with E-state index in [2.05, 4.69) is 11.9 Å². The second-order valence-electron chi connectivity index (χ2n) is 4.28. The topological polar surface area (TPSA) is 23.5 Å². The lowest BCUT2D eigenvalue weighted by Crippen LogP contribution is -2.29. The highest BCUT2D eigenvalue weighted by atomic mass is 19.1. The molecule has 1 fully saturated rings. The van der Waals surface area contributed by atoms with Gasteiger partial charge in [0.1, 0.15) is 11.6 Å². The van der Waals surface area contributed by atoms with Gasteiger partial charge in [0.25, 0.3) is 0 Å². The van der Waals surface area contributed by atoms with Crippen LogP contribution in [0.25, 0.3) is 0 Å². The highest BCUT2D eigenvalue weighted by Gasteiger charge is 2.21. The molecule has 0 saturated carbocycles. The third-order valence-corrected chi connectivity index (χ3v) is 3.15. The summed E-state index contributed by atoms with van der Waals surface area (Å²) in [5, 5.41) is 9.67. The van der Waals surface area contributed by atoms with Gasteiger partial charge in [0.2, 0.25) is 0 Å². The van der Waals surface area contributed by atoms with E-state index in [4.69, 9.17) is 0 Å². The molecule has 2 rings (SSSR count). The Morgan fingerprint density at radius 1 is 1.33 bits per heavy atom. The number of nitrogens with zero attached hydrogens (tertiary/aromatic N) is 1. The number of hydrogen-bond donors (Lipinski definition) is 1. The predicted molar refractivity (Wildman–Crippen MR) is 57.5 cm³/mol. The molecule has 15 heavy (non-hydrogen) atoms. The third kappa shape index (κ3) is 2.29. The highest BCUT2D eigenvalue weighted by Crippen LogP contribution is 2.33. The van der Waals surface area contributed by atoms with Gasteiger partial charge in [-0.1, -0.05) is 0 Å². The summed E-state index contributed by atoms with van der Waals surface area (Å²) in [6.07, 6.45) is 1.99. The monoisotopic (exact) mass is 209 g/mol. The summed E-state index contributed by atoms with van der Waals surface area (Å²) in [6, 6.07) is 4.21. The molecule has 1 saturated heterocycles. The molecule has 0 atom stereocenters. The fraction of sp³-hybridized carbons (Fsp3) is 0.500. The maximum Gasteiger partial charge on any atom is 0.123 e. The first-order valence-electron chi connectivity index (χ1n) is 5.34. The molecule has 2 nitrogen and oxygen atoms in total. The average molecular weight is 209 g/mol. The summed E-state index contributed by atoms with van der Waals surface area (Å²) in [6.45, 7) is 2.03. The molecule has 3 heteroatoms. The molecular weight excluding hydrogens is 193 g/mol. The molecule has 1 aromatic carbocycles. The molecule has 82 valence electrons. The minimum atomic E-state index is -0.262. The quantitative estimate of drug-likeness (QED) is 0.767. The Morgan fingerprint density at radius 3 is 2.67 bits per heavy atom. The van der Waals surface area contributed by atoms with Gasteiger partial charge in [0, 0.05) is 0 Å². The highest BCUT2D eigenvalue weighted by molar-refractivity contribution is 5.35. The Labute approximate surface area is 89.3 Å². The minimum Gasteiger partial charge on any atom is -0.508 e. The van der Waals surface area contributed by atoms with Gasteiger partial charge < -0.3 is 10.0 Å². The molecule has 0 unspecified atom stereocenters. The smallest absolute Gasteiger partial charge is 0.123 e. The lowest BCUT2D eigenvalue weighted by Gasteiger charge is -2.29. The zero-order valence-electron chi connectivity index (χ0n) is 8.91. The number of aromatic hydroxyl groups is 1. The first kappa shape index (κ1) is 10.4. The summed E-state index contributed by atoms with van der Waals surface area (Å²) < 4.78 is 13.1. The maximum atomic E-state index is 13.1. The zero-order chi connectivity index (χ0) is 10.8. The molecular formula is C12H16FNO. The van der Waals surface area contributed by atoms with E-state index in [9.17, 15) is 9.50 Å². The van der Waals surface area contributed by atoms with E-state index in [1.54, 1.807) is 0 Å². The Bertz CT molecular complexity index is 345. The van der Waals surface area contributed by atoms with Crippen LogP contribution in [-0.2, 0) is 0 Å². The normalized spacial score (nSPS) is 19.3. The molecule has 1 aliphatic heterocycles. The van der Waals surface area contributed by atoms with Crippen LogP contribution in [0.4, 0.5) is 4.39 Å². The Hall–Kier alpha value is -1.09. The summed E-state index contributed by atoms with van der Waals surface area (Å²) in [5.74, 6) is 0.268. The second kappa shape index (κ2) is 4.19. The van der Waals surface area contributed by atoms with Gasteiger partial charge in [-0.25, -0.2) is 4.39 Å². The summed E-state index contributed by atoms with van der Waals surface area (Å²) in [5.41, 5.74) is 0.767. The lowest BCUT2D eigenvalue weighted by molar-refractivity contribution is 0.253. The van der Waals surface area contributed by atoms with Gasteiger partial charge in [-0.3, -0.25) is 0 Å². The standard InChI is InChI=1S/C12H16FNO/c1-14-6-4-9(5-7-14)11-8-10(13)2-3-12(11)15/h2-3,8-9,15H,4-7H2,1H3. The Morgan fingerprint density at radius 2 is 2.00 bits per heavy atom. The van der Waals surface area contributed by atoms with Gasteiger partial charge in [-0.2, -0.15) is 0 Å².